The molecule has 0 unspecified atom stereocenters. The zero-order valence-corrected chi connectivity index (χ0v) is 16.0. The van der Waals surface area contributed by atoms with Crippen LogP contribution in [-0.2, 0) is 7.05 Å². The Kier molecular flexibility index (Phi) is 6.89. The van der Waals surface area contributed by atoms with Crippen LogP contribution in [0.1, 0.15) is 64.4 Å². The van der Waals surface area contributed by atoms with E-state index in [-0.39, 0.29) is 0 Å². The molecule has 1 aromatic carbocycles. The Bertz CT molecular complexity index is 626. The van der Waals surface area contributed by atoms with Gasteiger partial charge >= 0.3 is 0 Å². The van der Waals surface area contributed by atoms with E-state index >= 15 is 0 Å². The van der Waals surface area contributed by atoms with Crippen molar-refractivity contribution in [3.63, 3.8) is 0 Å². The highest BCUT2D eigenvalue weighted by Gasteiger charge is 2.25. The van der Waals surface area contributed by atoms with Crippen molar-refractivity contribution in [2.24, 2.45) is 7.05 Å². The van der Waals surface area contributed by atoms with E-state index in [4.69, 9.17) is 0 Å². The van der Waals surface area contributed by atoms with Crippen LogP contribution in [0.5, 0.6) is 0 Å². The van der Waals surface area contributed by atoms with Gasteiger partial charge in [0, 0.05) is 44.0 Å². The summed E-state index contributed by atoms with van der Waals surface area (Å²) in [5.41, 5.74) is 5.34. The number of anilines is 1. The van der Waals surface area contributed by atoms with Gasteiger partial charge in [0.25, 0.3) is 0 Å². The molecule has 1 atom stereocenters. The normalized spacial score (nSPS) is 15.9. The molecule has 24 heavy (non-hydrogen) atoms. The number of rotatable bonds is 5. The highest BCUT2D eigenvalue weighted by molar-refractivity contribution is 5.70. The van der Waals surface area contributed by atoms with Gasteiger partial charge in [-0.3, -0.25) is 4.68 Å². The first kappa shape index (κ1) is 18.6. The lowest BCUT2D eigenvalue weighted by Gasteiger charge is -2.11. The number of unbranched alkanes of at least 4 members (excludes halogenated alkanes) is 3. The predicted octanol–water partition coefficient (Wildman–Crippen LogP) is 5.62. The van der Waals surface area contributed by atoms with E-state index in [2.05, 4.69) is 62.2 Å². The number of hydrogen-bond donors (Lipinski definition) is 0. The van der Waals surface area contributed by atoms with Crippen molar-refractivity contribution >= 4 is 5.69 Å². The van der Waals surface area contributed by atoms with Gasteiger partial charge in [0.2, 0.25) is 0 Å². The third-order valence-electron chi connectivity index (χ3n) is 4.86. The van der Waals surface area contributed by atoms with Crippen molar-refractivity contribution < 1.29 is 0 Å². The number of aromatic nitrogens is 2. The topological polar surface area (TPSA) is 21.1 Å². The molecular formula is C21H33N3. The minimum atomic E-state index is 0.668. The minimum Gasteiger partial charge on any atom is -0.374 e. The molecule has 0 aliphatic carbocycles. The van der Waals surface area contributed by atoms with Gasteiger partial charge in [-0.05, 0) is 29.7 Å². The molecule has 0 bridgehead atoms. The number of benzene rings is 1. The number of hydrogen-bond acceptors (Lipinski definition) is 2. The van der Waals surface area contributed by atoms with E-state index in [0.717, 1.165) is 6.54 Å². The van der Waals surface area contributed by atoms with Gasteiger partial charge in [-0.25, -0.2) is 0 Å². The van der Waals surface area contributed by atoms with Crippen molar-refractivity contribution in [3.05, 3.63) is 36.2 Å². The molecule has 3 heteroatoms. The molecule has 132 valence electrons. The first-order valence-electron chi connectivity index (χ1n) is 9.44. The van der Waals surface area contributed by atoms with E-state index in [9.17, 15) is 0 Å². The monoisotopic (exact) mass is 327 g/mol. The lowest BCUT2D eigenvalue weighted by molar-refractivity contribution is 0.696. The fourth-order valence-corrected chi connectivity index (χ4v) is 3.36. The van der Waals surface area contributed by atoms with E-state index in [1.165, 1.54) is 54.5 Å². The first-order chi connectivity index (χ1) is 11.6. The summed E-state index contributed by atoms with van der Waals surface area (Å²) in [5.74, 6) is 0.668. The SMILES string of the molecule is CCCCCC.CC[C@H]1CN(C)c2ccc(-c3cnn(C)c3)cc21. The molecule has 2 aromatic rings. The van der Waals surface area contributed by atoms with Crippen molar-refractivity contribution in [2.75, 3.05) is 18.5 Å². The number of likely N-dealkylation sites (N-methyl/N-ethyl adjacent to an activating group) is 1. The first-order valence-corrected chi connectivity index (χ1v) is 9.44. The Morgan fingerprint density at radius 3 is 2.29 bits per heavy atom. The summed E-state index contributed by atoms with van der Waals surface area (Å²) < 4.78 is 1.85. The van der Waals surface area contributed by atoms with E-state index < -0.39 is 0 Å². The van der Waals surface area contributed by atoms with Crippen molar-refractivity contribution in [2.45, 2.75) is 58.8 Å². The fraction of sp³-hybridized carbons (Fsp3) is 0.571. The maximum absolute atomic E-state index is 4.25. The second-order valence-electron chi connectivity index (χ2n) is 6.87. The third kappa shape index (κ3) is 4.40. The van der Waals surface area contributed by atoms with Crippen molar-refractivity contribution in [3.8, 4) is 11.1 Å². The van der Waals surface area contributed by atoms with Crippen LogP contribution in [0.15, 0.2) is 30.6 Å². The Labute approximate surface area is 147 Å². The van der Waals surface area contributed by atoms with E-state index in [0.29, 0.717) is 5.92 Å². The number of nitrogens with zero attached hydrogens (tertiary/aromatic N) is 3. The molecule has 1 aromatic heterocycles. The van der Waals surface area contributed by atoms with Crippen LogP contribution < -0.4 is 4.90 Å². The van der Waals surface area contributed by atoms with Gasteiger partial charge in [0.05, 0.1) is 6.20 Å². The van der Waals surface area contributed by atoms with E-state index in [1.54, 1.807) is 0 Å². The molecule has 3 rings (SSSR count). The molecule has 1 aliphatic heterocycles. The molecule has 0 N–H and O–H groups in total. The number of aryl methyl sites for hydroxylation is 1. The Morgan fingerprint density at radius 2 is 1.75 bits per heavy atom. The van der Waals surface area contributed by atoms with Crippen LogP contribution in [0.2, 0.25) is 0 Å². The molecule has 1 aliphatic rings. The molecular weight excluding hydrogens is 294 g/mol. The summed E-state index contributed by atoms with van der Waals surface area (Å²) in [4.78, 5) is 2.36. The largest absolute Gasteiger partial charge is 0.374 e. The maximum Gasteiger partial charge on any atom is 0.0568 e. The second-order valence-corrected chi connectivity index (χ2v) is 6.87. The van der Waals surface area contributed by atoms with Crippen LogP contribution in [0.3, 0.4) is 0 Å². The van der Waals surface area contributed by atoms with Gasteiger partial charge in [-0.1, -0.05) is 52.5 Å². The van der Waals surface area contributed by atoms with Crippen LogP contribution in [-0.4, -0.2) is 23.4 Å². The van der Waals surface area contributed by atoms with Gasteiger partial charge < -0.3 is 4.90 Å². The predicted molar refractivity (Wildman–Crippen MR) is 105 cm³/mol. The molecule has 0 amide bonds. The lowest BCUT2D eigenvalue weighted by Crippen LogP contribution is -2.14. The highest BCUT2D eigenvalue weighted by Crippen LogP contribution is 2.39. The quantitative estimate of drug-likeness (QED) is 0.665. The summed E-state index contributed by atoms with van der Waals surface area (Å²) in [7, 11) is 4.14. The summed E-state index contributed by atoms with van der Waals surface area (Å²) in [6, 6.07) is 6.78. The van der Waals surface area contributed by atoms with Crippen LogP contribution in [0.25, 0.3) is 11.1 Å². The Morgan fingerprint density at radius 1 is 1.04 bits per heavy atom. The minimum absolute atomic E-state index is 0.668. The van der Waals surface area contributed by atoms with Gasteiger partial charge in [-0.15, -0.1) is 0 Å². The van der Waals surface area contributed by atoms with E-state index in [1.807, 2.05) is 17.9 Å². The standard InChI is InChI=1S/C15H19N3.C6H14/c1-4-11-9-17(2)15-6-5-12(7-14(11)15)13-8-16-18(3)10-13;1-3-5-6-4-2/h5-8,10-11H,4,9H2,1-3H3;3-6H2,1-2H3/t11-;/m0./s1. The summed E-state index contributed by atoms with van der Waals surface area (Å²) in [5, 5.41) is 4.25. The zero-order valence-electron chi connectivity index (χ0n) is 16.0. The van der Waals surface area contributed by atoms with Crippen LogP contribution in [0, 0.1) is 0 Å². The second kappa shape index (κ2) is 8.91. The van der Waals surface area contributed by atoms with Crippen molar-refractivity contribution in [1.82, 2.24) is 9.78 Å². The molecule has 3 nitrogen and oxygen atoms in total. The number of fused-ring (bicyclic) bond motifs is 1. The average Bonchev–Trinajstić information content (AvgIpc) is 3.17. The molecule has 0 fully saturated rings. The third-order valence-corrected chi connectivity index (χ3v) is 4.86. The summed E-state index contributed by atoms with van der Waals surface area (Å²) in [6.07, 6.45) is 10.7. The molecule has 0 spiro atoms. The fourth-order valence-electron chi connectivity index (χ4n) is 3.36. The maximum atomic E-state index is 4.25. The zero-order chi connectivity index (χ0) is 17.5. The molecule has 0 radical (unpaired) electrons. The highest BCUT2D eigenvalue weighted by atomic mass is 15.2. The van der Waals surface area contributed by atoms with Crippen LogP contribution in [0.4, 0.5) is 5.69 Å². The van der Waals surface area contributed by atoms with Gasteiger partial charge in [0.15, 0.2) is 0 Å². The Hall–Kier alpha value is -1.77. The van der Waals surface area contributed by atoms with Crippen LogP contribution >= 0.6 is 0 Å². The van der Waals surface area contributed by atoms with Gasteiger partial charge in [0.1, 0.15) is 0 Å². The molecule has 0 saturated carbocycles. The Balaban J connectivity index is 0.000000301. The summed E-state index contributed by atoms with van der Waals surface area (Å²) in [6.45, 7) is 7.87. The van der Waals surface area contributed by atoms with Crippen molar-refractivity contribution in [1.29, 1.82) is 0 Å². The lowest BCUT2D eigenvalue weighted by atomic mass is 9.95. The van der Waals surface area contributed by atoms with Gasteiger partial charge in [-0.2, -0.15) is 5.10 Å². The smallest absolute Gasteiger partial charge is 0.0568 e. The summed E-state index contributed by atoms with van der Waals surface area (Å²) >= 11 is 0. The molecule has 2 heterocycles. The molecule has 0 saturated heterocycles. The average molecular weight is 328 g/mol.